The van der Waals surface area contributed by atoms with E-state index in [4.69, 9.17) is 0 Å². The first kappa shape index (κ1) is 17.6. The van der Waals surface area contributed by atoms with E-state index >= 15 is 0 Å². The van der Waals surface area contributed by atoms with Crippen LogP contribution in [0.4, 0.5) is 5.82 Å². The lowest BCUT2D eigenvalue weighted by Crippen LogP contribution is -2.27. The Labute approximate surface area is 163 Å². The molecule has 2 heterocycles. The molecule has 2 aromatic heterocycles. The van der Waals surface area contributed by atoms with Gasteiger partial charge in [0.05, 0.1) is 11.4 Å². The standard InChI is InChI=1S/C22H22N4S/c1-26(2)19(16-9-5-3-6-10-16)14-23-21-18-13-20(17-11-7-4-8-12-17)27-22(18)25-15-24-21/h3-13,15,19H,14H2,1-2H3,(H,23,24,25)/t19-/m1/s1. The maximum atomic E-state index is 4.50. The third-order valence-corrected chi connectivity index (χ3v) is 5.75. The molecule has 0 spiro atoms. The molecule has 0 aliphatic heterocycles. The summed E-state index contributed by atoms with van der Waals surface area (Å²) in [4.78, 5) is 13.4. The molecule has 2 aromatic carbocycles. The number of thiophene rings is 1. The Hall–Kier alpha value is -2.76. The SMILES string of the molecule is CN(C)[C@H](CNc1ncnc2sc(-c3ccccc3)cc12)c1ccccc1. The van der Waals surface area contributed by atoms with Gasteiger partial charge in [0.2, 0.25) is 0 Å². The molecule has 27 heavy (non-hydrogen) atoms. The fraction of sp³-hybridized carbons (Fsp3) is 0.182. The first-order valence-corrected chi connectivity index (χ1v) is 9.79. The fourth-order valence-electron chi connectivity index (χ4n) is 3.21. The van der Waals surface area contributed by atoms with Gasteiger partial charge in [0, 0.05) is 11.4 Å². The molecule has 5 heteroatoms. The number of nitrogens with one attached hydrogen (secondary N) is 1. The lowest BCUT2D eigenvalue weighted by molar-refractivity contribution is 0.311. The van der Waals surface area contributed by atoms with Crippen molar-refractivity contribution in [2.45, 2.75) is 6.04 Å². The summed E-state index contributed by atoms with van der Waals surface area (Å²) in [5, 5.41) is 4.62. The molecule has 1 N–H and O–H groups in total. The lowest BCUT2D eigenvalue weighted by Gasteiger charge is -2.25. The number of anilines is 1. The van der Waals surface area contributed by atoms with Gasteiger partial charge in [-0.1, -0.05) is 60.7 Å². The largest absolute Gasteiger partial charge is 0.368 e. The number of rotatable bonds is 6. The Bertz CT molecular complexity index is 1010. The summed E-state index contributed by atoms with van der Waals surface area (Å²) in [5.41, 5.74) is 2.50. The van der Waals surface area contributed by atoms with Crippen LogP contribution in [-0.4, -0.2) is 35.5 Å². The van der Waals surface area contributed by atoms with Crippen molar-refractivity contribution in [2.24, 2.45) is 0 Å². The predicted octanol–water partition coefficient (Wildman–Crippen LogP) is 5.07. The van der Waals surface area contributed by atoms with Crippen LogP contribution in [0.25, 0.3) is 20.7 Å². The number of nitrogens with zero attached hydrogens (tertiary/aromatic N) is 3. The summed E-state index contributed by atoms with van der Waals surface area (Å²) in [5.74, 6) is 0.890. The van der Waals surface area contributed by atoms with Crippen LogP contribution >= 0.6 is 11.3 Å². The second kappa shape index (κ2) is 7.86. The zero-order valence-electron chi connectivity index (χ0n) is 15.5. The van der Waals surface area contributed by atoms with Crippen molar-refractivity contribution in [2.75, 3.05) is 26.0 Å². The van der Waals surface area contributed by atoms with Gasteiger partial charge in [-0.15, -0.1) is 11.3 Å². The number of hydrogen-bond donors (Lipinski definition) is 1. The molecule has 4 rings (SSSR count). The predicted molar refractivity (Wildman–Crippen MR) is 114 cm³/mol. The Kier molecular flexibility index (Phi) is 5.14. The normalized spacial score (nSPS) is 12.4. The minimum atomic E-state index is 0.267. The second-order valence-corrected chi connectivity index (χ2v) is 7.72. The first-order chi connectivity index (χ1) is 13.2. The van der Waals surface area contributed by atoms with E-state index < -0.39 is 0 Å². The lowest BCUT2D eigenvalue weighted by atomic mass is 10.1. The van der Waals surface area contributed by atoms with Gasteiger partial charge in [0.25, 0.3) is 0 Å². The van der Waals surface area contributed by atoms with Crippen LogP contribution in [-0.2, 0) is 0 Å². The summed E-state index contributed by atoms with van der Waals surface area (Å²) < 4.78 is 0. The number of aromatic nitrogens is 2. The summed E-state index contributed by atoms with van der Waals surface area (Å²) in [7, 11) is 4.21. The Morgan fingerprint density at radius 3 is 2.37 bits per heavy atom. The van der Waals surface area contributed by atoms with Crippen molar-refractivity contribution >= 4 is 27.4 Å². The first-order valence-electron chi connectivity index (χ1n) is 8.97. The molecule has 0 aliphatic carbocycles. The maximum absolute atomic E-state index is 4.50. The fourth-order valence-corrected chi connectivity index (χ4v) is 4.21. The highest BCUT2D eigenvalue weighted by Gasteiger charge is 2.15. The molecule has 0 bridgehead atoms. The van der Waals surface area contributed by atoms with Gasteiger partial charge in [-0.05, 0) is 31.3 Å². The highest BCUT2D eigenvalue weighted by molar-refractivity contribution is 7.21. The zero-order chi connectivity index (χ0) is 18.6. The van der Waals surface area contributed by atoms with Gasteiger partial charge in [0.15, 0.2) is 0 Å². The topological polar surface area (TPSA) is 41.0 Å². The number of likely N-dealkylation sites (N-methyl/N-ethyl adjacent to an activating group) is 1. The van der Waals surface area contributed by atoms with E-state index in [-0.39, 0.29) is 6.04 Å². The molecule has 0 amide bonds. The van der Waals surface area contributed by atoms with Gasteiger partial charge in [-0.2, -0.15) is 0 Å². The molecule has 0 saturated carbocycles. The third kappa shape index (κ3) is 3.84. The Morgan fingerprint density at radius 1 is 0.963 bits per heavy atom. The van der Waals surface area contributed by atoms with Gasteiger partial charge < -0.3 is 10.2 Å². The Morgan fingerprint density at radius 2 is 1.67 bits per heavy atom. The van der Waals surface area contributed by atoms with Crippen molar-refractivity contribution in [1.29, 1.82) is 0 Å². The molecule has 0 unspecified atom stereocenters. The van der Waals surface area contributed by atoms with Gasteiger partial charge in [-0.3, -0.25) is 0 Å². The minimum Gasteiger partial charge on any atom is -0.368 e. The van der Waals surface area contributed by atoms with E-state index in [1.165, 1.54) is 16.0 Å². The van der Waals surface area contributed by atoms with Crippen LogP contribution in [0.15, 0.2) is 73.1 Å². The van der Waals surface area contributed by atoms with E-state index in [2.05, 4.69) is 88.9 Å². The van der Waals surface area contributed by atoms with Crippen molar-refractivity contribution in [1.82, 2.24) is 14.9 Å². The van der Waals surface area contributed by atoms with Crippen LogP contribution in [0.5, 0.6) is 0 Å². The molecule has 0 aliphatic rings. The van der Waals surface area contributed by atoms with Crippen LogP contribution in [0.1, 0.15) is 11.6 Å². The monoisotopic (exact) mass is 374 g/mol. The quantitative estimate of drug-likeness (QED) is 0.511. The van der Waals surface area contributed by atoms with E-state index in [1.807, 2.05) is 12.1 Å². The summed E-state index contributed by atoms with van der Waals surface area (Å²) in [6.45, 7) is 0.777. The number of benzene rings is 2. The highest BCUT2D eigenvalue weighted by Crippen LogP contribution is 2.35. The molecular weight excluding hydrogens is 352 g/mol. The average Bonchev–Trinajstić information content (AvgIpc) is 3.14. The molecule has 136 valence electrons. The van der Waals surface area contributed by atoms with Crippen molar-refractivity contribution in [3.05, 3.63) is 78.6 Å². The number of fused-ring (bicyclic) bond motifs is 1. The van der Waals surface area contributed by atoms with Gasteiger partial charge in [0.1, 0.15) is 17.0 Å². The summed E-state index contributed by atoms with van der Waals surface area (Å²) in [6.07, 6.45) is 1.64. The van der Waals surface area contributed by atoms with Gasteiger partial charge >= 0.3 is 0 Å². The molecule has 0 saturated heterocycles. The molecule has 0 fully saturated rings. The van der Waals surface area contributed by atoms with Crippen LogP contribution in [0.3, 0.4) is 0 Å². The smallest absolute Gasteiger partial charge is 0.138 e. The average molecular weight is 375 g/mol. The van der Waals surface area contributed by atoms with Crippen molar-refractivity contribution in [3.8, 4) is 10.4 Å². The molecule has 0 radical (unpaired) electrons. The van der Waals surface area contributed by atoms with Crippen LogP contribution in [0.2, 0.25) is 0 Å². The molecule has 4 aromatic rings. The van der Waals surface area contributed by atoms with E-state index in [0.29, 0.717) is 0 Å². The summed E-state index contributed by atoms with van der Waals surface area (Å²) >= 11 is 1.70. The van der Waals surface area contributed by atoms with Gasteiger partial charge in [-0.25, -0.2) is 9.97 Å². The number of hydrogen-bond acceptors (Lipinski definition) is 5. The molecular formula is C22H22N4S. The maximum Gasteiger partial charge on any atom is 0.138 e. The van der Waals surface area contributed by atoms with Crippen molar-refractivity contribution in [3.63, 3.8) is 0 Å². The van der Waals surface area contributed by atoms with E-state index in [0.717, 1.165) is 22.6 Å². The summed E-state index contributed by atoms with van der Waals surface area (Å²) in [6, 6.07) is 23.4. The Balaban J connectivity index is 1.61. The van der Waals surface area contributed by atoms with E-state index in [1.54, 1.807) is 17.7 Å². The third-order valence-electron chi connectivity index (χ3n) is 4.66. The second-order valence-electron chi connectivity index (χ2n) is 6.69. The minimum absolute atomic E-state index is 0.267. The molecule has 4 nitrogen and oxygen atoms in total. The van der Waals surface area contributed by atoms with Crippen LogP contribution in [0, 0.1) is 0 Å². The zero-order valence-corrected chi connectivity index (χ0v) is 16.3. The van der Waals surface area contributed by atoms with E-state index in [9.17, 15) is 0 Å². The molecule has 1 atom stereocenters. The van der Waals surface area contributed by atoms with Crippen molar-refractivity contribution < 1.29 is 0 Å². The van der Waals surface area contributed by atoms with Crippen LogP contribution < -0.4 is 5.32 Å². The highest BCUT2D eigenvalue weighted by atomic mass is 32.1.